The highest BCUT2D eigenvalue weighted by Crippen LogP contribution is 2.21. The number of benzene rings is 1. The van der Waals surface area contributed by atoms with Gasteiger partial charge in [-0.25, -0.2) is 4.79 Å². The molecule has 2 aromatic rings. The maximum atomic E-state index is 12.0. The van der Waals surface area contributed by atoms with Crippen LogP contribution < -0.4 is 5.32 Å². The first-order chi connectivity index (χ1) is 10.0. The fraction of sp³-hybridized carbons (Fsp3) is 0.0769. The second kappa shape index (κ2) is 6.14. The monoisotopic (exact) mass is 306 g/mol. The van der Waals surface area contributed by atoms with Gasteiger partial charge < -0.3 is 10.1 Å². The molecule has 1 N–H and O–H groups in total. The third kappa shape index (κ3) is 3.42. The average Bonchev–Trinajstić information content (AvgIpc) is 2.96. The van der Waals surface area contributed by atoms with Crippen LogP contribution in [0.15, 0.2) is 36.4 Å². The lowest BCUT2D eigenvalue weighted by Crippen LogP contribution is -2.10. The fourth-order valence-electron chi connectivity index (χ4n) is 1.56. The van der Waals surface area contributed by atoms with Crippen LogP contribution in [0.4, 0.5) is 11.4 Å². The summed E-state index contributed by atoms with van der Waals surface area (Å²) in [6.07, 6.45) is 0. The minimum absolute atomic E-state index is 0.116. The van der Waals surface area contributed by atoms with E-state index in [4.69, 9.17) is 0 Å². The lowest BCUT2D eigenvalue weighted by atomic mass is 10.3. The molecule has 1 heterocycles. The number of nitro benzene ring substituents is 1. The molecule has 0 bridgehead atoms. The van der Waals surface area contributed by atoms with Crippen molar-refractivity contribution in [2.75, 3.05) is 12.4 Å². The average molecular weight is 306 g/mol. The normalized spacial score (nSPS) is 9.95. The van der Waals surface area contributed by atoms with Gasteiger partial charge in [-0.1, -0.05) is 6.07 Å². The van der Waals surface area contributed by atoms with Crippen molar-refractivity contribution in [1.29, 1.82) is 0 Å². The van der Waals surface area contributed by atoms with Gasteiger partial charge in [-0.3, -0.25) is 14.9 Å². The Hall–Kier alpha value is -2.74. The van der Waals surface area contributed by atoms with Gasteiger partial charge in [0.15, 0.2) is 0 Å². The lowest BCUT2D eigenvalue weighted by Gasteiger charge is -2.03. The first kappa shape index (κ1) is 14.7. The molecule has 0 unspecified atom stereocenters. The quantitative estimate of drug-likeness (QED) is 0.532. The van der Waals surface area contributed by atoms with E-state index in [0.717, 1.165) is 11.3 Å². The van der Waals surface area contributed by atoms with Crippen molar-refractivity contribution >= 4 is 34.6 Å². The zero-order valence-corrected chi connectivity index (χ0v) is 11.7. The molecule has 1 aromatic heterocycles. The van der Waals surface area contributed by atoms with Crippen LogP contribution in [-0.4, -0.2) is 23.9 Å². The second-order valence-electron chi connectivity index (χ2n) is 3.92. The number of amides is 1. The highest BCUT2D eigenvalue weighted by Gasteiger charge is 2.15. The molecule has 0 atom stereocenters. The van der Waals surface area contributed by atoms with Crippen LogP contribution in [0.1, 0.15) is 19.3 Å². The summed E-state index contributed by atoms with van der Waals surface area (Å²) in [4.78, 5) is 34.0. The Labute approximate surface area is 123 Å². The van der Waals surface area contributed by atoms with Crippen LogP contribution in [0.3, 0.4) is 0 Å². The molecular weight excluding hydrogens is 296 g/mol. The summed E-state index contributed by atoms with van der Waals surface area (Å²) in [7, 11) is 1.25. The van der Waals surface area contributed by atoms with Gasteiger partial charge in [0.25, 0.3) is 11.6 Å². The number of esters is 1. The van der Waals surface area contributed by atoms with E-state index in [9.17, 15) is 19.7 Å². The number of nitrogens with one attached hydrogen (secondary N) is 1. The number of non-ortho nitro benzene ring substituents is 1. The standard InChI is InChI=1S/C13H10N2O5S/c1-20-13(17)11-6-5-10(21-11)12(16)14-8-3-2-4-9(7-8)15(18)19/h2-7H,1H3,(H,14,16). The molecule has 0 saturated carbocycles. The topological polar surface area (TPSA) is 98.5 Å². The molecule has 0 fully saturated rings. The molecule has 0 aliphatic rings. The van der Waals surface area contributed by atoms with Crippen molar-refractivity contribution in [2.24, 2.45) is 0 Å². The number of hydrogen-bond donors (Lipinski definition) is 1. The van der Waals surface area contributed by atoms with E-state index >= 15 is 0 Å². The second-order valence-corrected chi connectivity index (χ2v) is 5.00. The summed E-state index contributed by atoms with van der Waals surface area (Å²) in [5.74, 6) is -0.968. The van der Waals surface area contributed by atoms with Gasteiger partial charge in [-0.2, -0.15) is 0 Å². The summed E-state index contributed by atoms with van der Waals surface area (Å²) < 4.78 is 4.55. The number of rotatable bonds is 4. The van der Waals surface area contributed by atoms with E-state index in [1.165, 1.54) is 37.4 Å². The number of ether oxygens (including phenoxy) is 1. The number of thiophene rings is 1. The molecule has 0 radical (unpaired) electrons. The summed E-state index contributed by atoms with van der Waals surface area (Å²) in [6.45, 7) is 0. The van der Waals surface area contributed by atoms with Crippen molar-refractivity contribution in [1.82, 2.24) is 0 Å². The maximum Gasteiger partial charge on any atom is 0.348 e. The molecule has 0 spiro atoms. The third-order valence-electron chi connectivity index (χ3n) is 2.53. The van der Waals surface area contributed by atoms with Crippen molar-refractivity contribution in [3.8, 4) is 0 Å². The highest BCUT2D eigenvalue weighted by molar-refractivity contribution is 7.16. The van der Waals surface area contributed by atoms with Crippen LogP contribution in [0.5, 0.6) is 0 Å². The van der Waals surface area contributed by atoms with E-state index in [1.54, 1.807) is 6.07 Å². The predicted molar refractivity (Wildman–Crippen MR) is 76.7 cm³/mol. The third-order valence-corrected chi connectivity index (χ3v) is 3.60. The van der Waals surface area contributed by atoms with E-state index < -0.39 is 16.8 Å². The number of hydrogen-bond acceptors (Lipinski definition) is 6. The predicted octanol–water partition coefficient (Wildman–Crippen LogP) is 2.70. The highest BCUT2D eigenvalue weighted by atomic mass is 32.1. The van der Waals surface area contributed by atoms with E-state index in [2.05, 4.69) is 10.1 Å². The van der Waals surface area contributed by atoms with Gasteiger partial charge in [-0.05, 0) is 18.2 Å². The van der Waals surface area contributed by atoms with Crippen LogP contribution in [0.2, 0.25) is 0 Å². The lowest BCUT2D eigenvalue weighted by molar-refractivity contribution is -0.384. The molecule has 108 valence electrons. The van der Waals surface area contributed by atoms with Crippen LogP contribution in [-0.2, 0) is 4.74 Å². The first-order valence-electron chi connectivity index (χ1n) is 5.75. The molecule has 8 heteroatoms. The molecule has 2 rings (SSSR count). The molecule has 0 saturated heterocycles. The Morgan fingerprint density at radius 1 is 1.24 bits per heavy atom. The number of methoxy groups -OCH3 is 1. The molecule has 0 aliphatic carbocycles. The smallest absolute Gasteiger partial charge is 0.348 e. The fourth-order valence-corrected chi connectivity index (χ4v) is 2.38. The summed E-state index contributed by atoms with van der Waals surface area (Å²) in [5, 5.41) is 13.2. The Morgan fingerprint density at radius 3 is 2.62 bits per heavy atom. The first-order valence-corrected chi connectivity index (χ1v) is 6.57. The van der Waals surface area contributed by atoms with Crippen molar-refractivity contribution in [2.45, 2.75) is 0 Å². The molecular formula is C13H10N2O5S. The van der Waals surface area contributed by atoms with Gasteiger partial charge in [0.1, 0.15) is 4.88 Å². The Kier molecular flexibility index (Phi) is 4.29. The number of carbonyl (C=O) groups is 2. The molecule has 1 aromatic carbocycles. The summed E-state index contributed by atoms with van der Waals surface area (Å²) in [5.41, 5.74) is 0.191. The minimum Gasteiger partial charge on any atom is -0.465 e. The number of anilines is 1. The van der Waals surface area contributed by atoms with Gasteiger partial charge in [-0.15, -0.1) is 11.3 Å². The molecule has 0 aliphatic heterocycles. The number of nitrogens with zero attached hydrogens (tertiary/aromatic N) is 1. The molecule has 21 heavy (non-hydrogen) atoms. The van der Waals surface area contributed by atoms with E-state index in [1.807, 2.05) is 0 Å². The minimum atomic E-state index is -0.545. The van der Waals surface area contributed by atoms with Crippen molar-refractivity contribution in [3.63, 3.8) is 0 Å². The molecule has 7 nitrogen and oxygen atoms in total. The summed E-state index contributed by atoms with van der Waals surface area (Å²) >= 11 is 0.983. The Balaban J connectivity index is 2.14. The maximum absolute atomic E-state index is 12.0. The zero-order chi connectivity index (χ0) is 15.4. The van der Waals surface area contributed by atoms with Crippen LogP contribution in [0.25, 0.3) is 0 Å². The largest absolute Gasteiger partial charge is 0.465 e. The van der Waals surface area contributed by atoms with Gasteiger partial charge in [0.05, 0.1) is 16.9 Å². The van der Waals surface area contributed by atoms with E-state index in [-0.39, 0.29) is 5.69 Å². The van der Waals surface area contributed by atoms with Crippen molar-refractivity contribution in [3.05, 3.63) is 56.3 Å². The SMILES string of the molecule is COC(=O)c1ccc(C(=O)Nc2cccc([N+](=O)[O-])c2)s1. The Bertz CT molecular complexity index is 710. The van der Waals surface area contributed by atoms with Gasteiger partial charge >= 0.3 is 5.97 Å². The number of nitro groups is 1. The van der Waals surface area contributed by atoms with Crippen LogP contribution in [0, 0.1) is 10.1 Å². The van der Waals surface area contributed by atoms with Gasteiger partial charge in [0.2, 0.25) is 0 Å². The number of carbonyl (C=O) groups excluding carboxylic acids is 2. The van der Waals surface area contributed by atoms with Crippen LogP contribution >= 0.6 is 11.3 Å². The zero-order valence-electron chi connectivity index (χ0n) is 10.9. The van der Waals surface area contributed by atoms with E-state index in [0.29, 0.717) is 15.4 Å². The Morgan fingerprint density at radius 2 is 1.95 bits per heavy atom. The molecule has 1 amide bonds. The van der Waals surface area contributed by atoms with Gasteiger partial charge in [0, 0.05) is 17.8 Å². The van der Waals surface area contributed by atoms with Crippen molar-refractivity contribution < 1.29 is 19.2 Å². The summed E-state index contributed by atoms with van der Waals surface area (Å²) in [6, 6.07) is 8.58.